The summed E-state index contributed by atoms with van der Waals surface area (Å²) < 4.78 is 6.15. The number of hydrogen-bond acceptors (Lipinski definition) is 4. The van der Waals surface area contributed by atoms with Crippen molar-refractivity contribution in [3.05, 3.63) is 28.2 Å². The Kier molecular flexibility index (Phi) is 6.04. The Morgan fingerprint density at radius 1 is 1.43 bits per heavy atom. The molecule has 0 aliphatic rings. The van der Waals surface area contributed by atoms with E-state index in [9.17, 15) is 15.0 Å². The number of ether oxygens (including phenoxy) is 1. The van der Waals surface area contributed by atoms with Gasteiger partial charge in [-0.1, -0.05) is 15.9 Å². The maximum atomic E-state index is 12.3. The van der Waals surface area contributed by atoms with Crippen LogP contribution in [0.2, 0.25) is 0 Å². The van der Waals surface area contributed by atoms with Gasteiger partial charge in [-0.2, -0.15) is 0 Å². The Balaban J connectivity index is 2.98. The second-order valence-electron chi connectivity index (χ2n) is 5.91. The van der Waals surface area contributed by atoms with Gasteiger partial charge in [0.25, 0.3) is 0 Å². The first-order valence-electron chi connectivity index (χ1n) is 6.72. The molecule has 0 saturated carbocycles. The topological polar surface area (TPSA) is 70.0 Å². The summed E-state index contributed by atoms with van der Waals surface area (Å²) in [6.45, 7) is 7.03. The average molecular weight is 360 g/mol. The van der Waals surface area contributed by atoms with Crippen LogP contribution in [-0.2, 0) is 11.3 Å². The van der Waals surface area contributed by atoms with Crippen molar-refractivity contribution in [2.24, 2.45) is 0 Å². The number of rotatable bonds is 4. The van der Waals surface area contributed by atoms with Crippen LogP contribution in [0.3, 0.4) is 0 Å². The summed E-state index contributed by atoms with van der Waals surface area (Å²) in [5.74, 6) is 0.0944. The molecule has 0 aromatic heterocycles. The van der Waals surface area contributed by atoms with Crippen LogP contribution in [0.1, 0.15) is 33.3 Å². The molecule has 0 unspecified atom stereocenters. The van der Waals surface area contributed by atoms with E-state index >= 15 is 0 Å². The van der Waals surface area contributed by atoms with E-state index in [2.05, 4.69) is 15.9 Å². The van der Waals surface area contributed by atoms with Gasteiger partial charge >= 0.3 is 6.09 Å². The minimum absolute atomic E-state index is 0.0944. The van der Waals surface area contributed by atoms with Crippen molar-refractivity contribution in [1.82, 2.24) is 4.90 Å². The number of aromatic hydroxyl groups is 1. The Bertz CT molecular complexity index is 499. The molecule has 1 amide bonds. The third kappa shape index (κ3) is 5.55. The molecular formula is C15H22BrNO4. The van der Waals surface area contributed by atoms with Gasteiger partial charge in [0.15, 0.2) is 0 Å². The number of amides is 1. The molecule has 0 saturated heterocycles. The maximum absolute atomic E-state index is 12.3. The fourth-order valence-electron chi connectivity index (χ4n) is 1.68. The van der Waals surface area contributed by atoms with Crippen LogP contribution in [0.15, 0.2) is 22.7 Å². The predicted molar refractivity (Wildman–Crippen MR) is 84.1 cm³/mol. The summed E-state index contributed by atoms with van der Waals surface area (Å²) in [6, 6.07) is 4.58. The van der Waals surface area contributed by atoms with Crippen molar-refractivity contribution in [1.29, 1.82) is 0 Å². The minimum atomic E-state index is -0.621. The molecule has 118 valence electrons. The molecule has 1 rings (SSSR count). The molecule has 0 radical (unpaired) electrons. The molecular weight excluding hydrogens is 338 g/mol. The Morgan fingerprint density at radius 2 is 2.05 bits per heavy atom. The highest BCUT2D eigenvalue weighted by Gasteiger charge is 2.26. The molecule has 6 heteroatoms. The van der Waals surface area contributed by atoms with Crippen LogP contribution in [0, 0.1) is 0 Å². The van der Waals surface area contributed by atoms with E-state index in [0.29, 0.717) is 5.56 Å². The highest BCUT2D eigenvalue weighted by molar-refractivity contribution is 9.10. The van der Waals surface area contributed by atoms with Crippen LogP contribution in [0.25, 0.3) is 0 Å². The minimum Gasteiger partial charge on any atom is -0.508 e. The van der Waals surface area contributed by atoms with E-state index in [1.807, 2.05) is 0 Å². The standard InChI is InChI=1S/C15H22BrNO4/c1-10(9-18)17(14(20)21-15(2,3)4)8-11-7-12(16)5-6-13(11)19/h5-7,10,18-19H,8-9H2,1-4H3/t10-/m0/s1. The molecule has 0 heterocycles. The fourth-order valence-corrected chi connectivity index (χ4v) is 2.09. The molecule has 0 aliphatic heterocycles. The van der Waals surface area contributed by atoms with Gasteiger partial charge in [-0.3, -0.25) is 4.90 Å². The van der Waals surface area contributed by atoms with E-state index in [0.717, 1.165) is 4.47 Å². The molecule has 1 atom stereocenters. The lowest BCUT2D eigenvalue weighted by Gasteiger charge is -2.31. The zero-order valence-corrected chi connectivity index (χ0v) is 14.3. The Morgan fingerprint density at radius 3 is 2.57 bits per heavy atom. The summed E-state index contributed by atoms with van der Waals surface area (Å²) in [7, 11) is 0. The van der Waals surface area contributed by atoms with Crippen LogP contribution >= 0.6 is 15.9 Å². The number of halogens is 1. The lowest BCUT2D eigenvalue weighted by atomic mass is 10.1. The predicted octanol–water partition coefficient (Wildman–Crippen LogP) is 3.27. The van der Waals surface area contributed by atoms with Gasteiger partial charge in [-0.05, 0) is 45.9 Å². The van der Waals surface area contributed by atoms with Crippen molar-refractivity contribution in [2.45, 2.75) is 45.9 Å². The highest BCUT2D eigenvalue weighted by atomic mass is 79.9. The SMILES string of the molecule is C[C@@H](CO)N(Cc1cc(Br)ccc1O)C(=O)OC(C)(C)C. The van der Waals surface area contributed by atoms with Crippen molar-refractivity contribution in [3.63, 3.8) is 0 Å². The number of nitrogens with zero attached hydrogens (tertiary/aromatic N) is 1. The van der Waals surface area contributed by atoms with Crippen molar-refractivity contribution < 1.29 is 19.7 Å². The van der Waals surface area contributed by atoms with Crippen molar-refractivity contribution in [2.75, 3.05) is 6.61 Å². The van der Waals surface area contributed by atoms with Gasteiger partial charge in [0, 0.05) is 10.0 Å². The first-order valence-corrected chi connectivity index (χ1v) is 7.51. The van der Waals surface area contributed by atoms with E-state index in [4.69, 9.17) is 4.74 Å². The average Bonchev–Trinajstić information content (AvgIpc) is 2.36. The lowest BCUT2D eigenvalue weighted by molar-refractivity contribution is 0.00925. The van der Waals surface area contributed by atoms with E-state index in [1.165, 1.54) is 4.90 Å². The number of phenols is 1. The smallest absolute Gasteiger partial charge is 0.410 e. The zero-order valence-electron chi connectivity index (χ0n) is 12.8. The van der Waals surface area contributed by atoms with Crippen molar-refractivity contribution >= 4 is 22.0 Å². The van der Waals surface area contributed by atoms with Gasteiger partial charge in [0.05, 0.1) is 19.2 Å². The van der Waals surface area contributed by atoms with Gasteiger partial charge in [0.1, 0.15) is 11.4 Å². The molecule has 0 bridgehead atoms. The number of benzene rings is 1. The lowest BCUT2D eigenvalue weighted by Crippen LogP contribution is -2.43. The highest BCUT2D eigenvalue weighted by Crippen LogP contribution is 2.25. The zero-order chi connectivity index (χ0) is 16.2. The number of carbonyl (C=O) groups is 1. The van der Waals surface area contributed by atoms with Crippen LogP contribution in [-0.4, -0.2) is 39.5 Å². The van der Waals surface area contributed by atoms with Gasteiger partial charge in [-0.15, -0.1) is 0 Å². The van der Waals surface area contributed by atoms with Gasteiger partial charge < -0.3 is 14.9 Å². The van der Waals surface area contributed by atoms with E-state index in [-0.39, 0.29) is 18.9 Å². The number of carbonyl (C=O) groups excluding carboxylic acids is 1. The Hall–Kier alpha value is -1.27. The summed E-state index contributed by atoms with van der Waals surface area (Å²) in [5, 5.41) is 19.2. The quantitative estimate of drug-likeness (QED) is 0.865. The van der Waals surface area contributed by atoms with Crippen molar-refractivity contribution in [3.8, 4) is 5.75 Å². The molecule has 1 aromatic rings. The normalized spacial score (nSPS) is 12.9. The molecule has 2 N–H and O–H groups in total. The monoisotopic (exact) mass is 359 g/mol. The number of aliphatic hydroxyl groups excluding tert-OH is 1. The first-order chi connectivity index (χ1) is 9.64. The first kappa shape index (κ1) is 17.8. The number of phenolic OH excluding ortho intramolecular Hbond substituents is 1. The maximum Gasteiger partial charge on any atom is 0.410 e. The van der Waals surface area contributed by atoms with Crippen LogP contribution in [0.4, 0.5) is 4.79 Å². The van der Waals surface area contributed by atoms with Crippen LogP contribution in [0.5, 0.6) is 5.75 Å². The molecule has 0 spiro atoms. The summed E-state index contributed by atoms with van der Waals surface area (Å²) in [5.41, 5.74) is -0.0420. The number of aliphatic hydroxyl groups is 1. The molecule has 0 aliphatic carbocycles. The molecule has 1 aromatic carbocycles. The summed E-state index contributed by atoms with van der Waals surface area (Å²) in [4.78, 5) is 13.7. The summed E-state index contributed by atoms with van der Waals surface area (Å²) in [6.07, 6.45) is -0.525. The van der Waals surface area contributed by atoms with E-state index < -0.39 is 17.7 Å². The summed E-state index contributed by atoms with van der Waals surface area (Å²) >= 11 is 3.33. The van der Waals surface area contributed by atoms with Gasteiger partial charge in [0.2, 0.25) is 0 Å². The van der Waals surface area contributed by atoms with Crippen LogP contribution < -0.4 is 0 Å². The van der Waals surface area contributed by atoms with Gasteiger partial charge in [-0.25, -0.2) is 4.79 Å². The molecule has 5 nitrogen and oxygen atoms in total. The third-order valence-corrected chi connectivity index (χ3v) is 3.30. The van der Waals surface area contributed by atoms with E-state index in [1.54, 1.807) is 45.9 Å². The fraction of sp³-hybridized carbons (Fsp3) is 0.533. The second kappa shape index (κ2) is 7.13. The molecule has 21 heavy (non-hydrogen) atoms. The third-order valence-electron chi connectivity index (χ3n) is 2.81. The Labute approximate surface area is 133 Å². The number of hydrogen-bond donors (Lipinski definition) is 2. The largest absolute Gasteiger partial charge is 0.508 e. The second-order valence-corrected chi connectivity index (χ2v) is 6.83. The molecule has 0 fully saturated rings.